The third kappa shape index (κ3) is 5.49. The topological polar surface area (TPSA) is 93.2 Å². The van der Waals surface area contributed by atoms with Crippen LogP contribution in [0.3, 0.4) is 0 Å². The molecular weight excluding hydrogens is 452 g/mol. The van der Waals surface area contributed by atoms with Crippen LogP contribution in [0.4, 0.5) is 0 Å². The van der Waals surface area contributed by atoms with Crippen molar-refractivity contribution < 1.29 is 26.3 Å². The maximum absolute atomic E-state index is 13.1. The molecule has 10 heteroatoms. The van der Waals surface area contributed by atoms with Crippen LogP contribution in [-0.2, 0) is 24.8 Å². The lowest BCUT2D eigenvalue weighted by molar-refractivity contribution is 0.110. The largest absolute Gasteiger partial charge is 0.491 e. The molecule has 0 amide bonds. The van der Waals surface area contributed by atoms with E-state index in [-0.39, 0.29) is 36.0 Å². The Kier molecular flexibility index (Phi) is 7.94. The molecule has 3 rings (SSSR count). The Morgan fingerprint density at radius 3 is 2.00 bits per heavy atom. The molecule has 0 saturated carbocycles. The highest BCUT2D eigenvalue weighted by Gasteiger charge is 2.34. The van der Waals surface area contributed by atoms with E-state index in [9.17, 15) is 16.8 Å². The highest BCUT2D eigenvalue weighted by atomic mass is 32.2. The zero-order valence-electron chi connectivity index (χ0n) is 18.7. The summed E-state index contributed by atoms with van der Waals surface area (Å²) < 4.78 is 65.6. The number of hydrogen-bond donors (Lipinski definition) is 0. The standard InChI is InChI=1S/C22H30N2O6S2/c1-4-29-15-16-30-20-7-9-21(10-8-20)31(25,26)23-11-13-24(14-12-23)32(27,28)22-17-18(2)5-6-19(22)3/h5-10,17H,4,11-16H2,1-3H3. The first-order chi connectivity index (χ1) is 15.2. The van der Waals surface area contributed by atoms with E-state index in [2.05, 4.69) is 0 Å². The van der Waals surface area contributed by atoms with Gasteiger partial charge in [-0.05, 0) is 62.2 Å². The molecular formula is C22H30N2O6S2. The summed E-state index contributed by atoms with van der Waals surface area (Å²) in [5.41, 5.74) is 1.54. The first-order valence-electron chi connectivity index (χ1n) is 10.5. The van der Waals surface area contributed by atoms with E-state index in [1.54, 1.807) is 31.2 Å². The molecule has 2 aromatic rings. The minimum Gasteiger partial charge on any atom is -0.491 e. The molecule has 0 aromatic heterocycles. The van der Waals surface area contributed by atoms with Gasteiger partial charge in [0.05, 0.1) is 16.4 Å². The van der Waals surface area contributed by atoms with Crippen molar-refractivity contribution in [3.8, 4) is 5.75 Å². The van der Waals surface area contributed by atoms with Crippen LogP contribution in [0.2, 0.25) is 0 Å². The summed E-state index contributed by atoms with van der Waals surface area (Å²) in [5.74, 6) is 0.563. The van der Waals surface area contributed by atoms with Gasteiger partial charge in [-0.2, -0.15) is 8.61 Å². The monoisotopic (exact) mass is 482 g/mol. The maximum atomic E-state index is 13.1. The van der Waals surface area contributed by atoms with Crippen molar-refractivity contribution in [2.45, 2.75) is 30.6 Å². The van der Waals surface area contributed by atoms with Crippen LogP contribution in [-0.4, -0.2) is 71.4 Å². The SMILES string of the molecule is CCOCCOc1ccc(S(=O)(=O)N2CCN(S(=O)(=O)c3cc(C)ccc3C)CC2)cc1. The number of rotatable bonds is 9. The highest BCUT2D eigenvalue weighted by molar-refractivity contribution is 7.89. The summed E-state index contributed by atoms with van der Waals surface area (Å²) in [7, 11) is -7.41. The fourth-order valence-corrected chi connectivity index (χ4v) is 6.65. The summed E-state index contributed by atoms with van der Waals surface area (Å²) in [6, 6.07) is 11.5. The molecule has 0 unspecified atom stereocenters. The molecule has 2 aromatic carbocycles. The predicted molar refractivity (Wildman–Crippen MR) is 122 cm³/mol. The summed E-state index contributed by atoms with van der Waals surface area (Å²) in [6.45, 7) is 7.37. The summed E-state index contributed by atoms with van der Waals surface area (Å²) in [6.07, 6.45) is 0. The Labute approximate surface area is 190 Å². The van der Waals surface area contributed by atoms with Crippen LogP contribution in [0, 0.1) is 13.8 Å². The second kappa shape index (κ2) is 10.3. The van der Waals surface area contributed by atoms with Gasteiger partial charge in [-0.1, -0.05) is 12.1 Å². The van der Waals surface area contributed by atoms with Crippen molar-refractivity contribution in [1.29, 1.82) is 0 Å². The van der Waals surface area contributed by atoms with Gasteiger partial charge in [0.2, 0.25) is 20.0 Å². The second-order valence-corrected chi connectivity index (χ2v) is 11.4. The Morgan fingerprint density at radius 1 is 0.812 bits per heavy atom. The van der Waals surface area contributed by atoms with Gasteiger partial charge in [0.1, 0.15) is 12.4 Å². The van der Waals surface area contributed by atoms with Gasteiger partial charge in [-0.15, -0.1) is 0 Å². The molecule has 8 nitrogen and oxygen atoms in total. The average Bonchev–Trinajstić information content (AvgIpc) is 2.78. The van der Waals surface area contributed by atoms with Gasteiger partial charge in [0, 0.05) is 32.8 Å². The first-order valence-corrected chi connectivity index (χ1v) is 13.4. The quantitative estimate of drug-likeness (QED) is 0.510. The molecule has 1 saturated heterocycles. The Morgan fingerprint density at radius 2 is 1.41 bits per heavy atom. The molecule has 1 aliphatic heterocycles. The van der Waals surface area contributed by atoms with Crippen molar-refractivity contribution >= 4 is 20.0 Å². The van der Waals surface area contributed by atoms with Gasteiger partial charge < -0.3 is 9.47 Å². The fraction of sp³-hybridized carbons (Fsp3) is 0.455. The minimum absolute atomic E-state index is 0.0963. The third-order valence-electron chi connectivity index (χ3n) is 5.32. The molecule has 0 aliphatic carbocycles. The normalized spacial score (nSPS) is 16.2. The zero-order valence-corrected chi connectivity index (χ0v) is 20.3. The van der Waals surface area contributed by atoms with E-state index >= 15 is 0 Å². The lowest BCUT2D eigenvalue weighted by Gasteiger charge is -2.33. The van der Waals surface area contributed by atoms with E-state index in [1.807, 2.05) is 19.9 Å². The molecule has 0 spiro atoms. The zero-order chi connectivity index (χ0) is 23.4. The molecule has 0 radical (unpaired) electrons. The number of piperazine rings is 1. The van der Waals surface area contributed by atoms with Crippen LogP contribution in [0.25, 0.3) is 0 Å². The van der Waals surface area contributed by atoms with Crippen LogP contribution in [0.1, 0.15) is 18.1 Å². The van der Waals surface area contributed by atoms with Gasteiger partial charge >= 0.3 is 0 Å². The number of nitrogens with zero attached hydrogens (tertiary/aromatic N) is 2. The Bertz CT molecular complexity index is 1120. The van der Waals surface area contributed by atoms with Crippen LogP contribution >= 0.6 is 0 Å². The molecule has 32 heavy (non-hydrogen) atoms. The number of sulfonamides is 2. The van der Waals surface area contributed by atoms with E-state index < -0.39 is 20.0 Å². The molecule has 0 atom stereocenters. The van der Waals surface area contributed by atoms with Crippen LogP contribution in [0.15, 0.2) is 52.3 Å². The van der Waals surface area contributed by atoms with Crippen molar-refractivity contribution in [3.05, 3.63) is 53.6 Å². The highest BCUT2D eigenvalue weighted by Crippen LogP contribution is 2.25. The first kappa shape index (κ1) is 24.7. The van der Waals surface area contributed by atoms with Crippen LogP contribution < -0.4 is 4.74 Å². The van der Waals surface area contributed by atoms with E-state index in [0.717, 1.165) is 5.56 Å². The lowest BCUT2D eigenvalue weighted by atomic mass is 10.2. The third-order valence-corrected chi connectivity index (χ3v) is 9.27. The van der Waals surface area contributed by atoms with E-state index in [4.69, 9.17) is 9.47 Å². The maximum Gasteiger partial charge on any atom is 0.243 e. The predicted octanol–water partition coefficient (Wildman–Crippen LogP) is 2.41. The molecule has 176 valence electrons. The molecule has 1 aliphatic rings. The molecule has 1 heterocycles. The summed E-state index contributed by atoms with van der Waals surface area (Å²) in [5, 5.41) is 0. The number of benzene rings is 2. The van der Waals surface area contributed by atoms with Crippen molar-refractivity contribution in [3.63, 3.8) is 0 Å². The van der Waals surface area contributed by atoms with E-state index in [1.165, 1.54) is 20.7 Å². The Hall–Kier alpha value is -1.98. The summed E-state index contributed by atoms with van der Waals surface area (Å²) in [4.78, 5) is 0.425. The molecule has 0 bridgehead atoms. The van der Waals surface area contributed by atoms with Crippen molar-refractivity contribution in [2.75, 3.05) is 46.0 Å². The van der Waals surface area contributed by atoms with Crippen molar-refractivity contribution in [1.82, 2.24) is 8.61 Å². The average molecular weight is 483 g/mol. The number of hydrogen-bond acceptors (Lipinski definition) is 6. The van der Waals surface area contributed by atoms with Gasteiger partial charge in [0.25, 0.3) is 0 Å². The molecule has 0 N–H and O–H groups in total. The van der Waals surface area contributed by atoms with Crippen LogP contribution in [0.5, 0.6) is 5.75 Å². The summed E-state index contributed by atoms with van der Waals surface area (Å²) >= 11 is 0. The molecule has 1 fully saturated rings. The van der Waals surface area contributed by atoms with E-state index in [0.29, 0.717) is 31.1 Å². The van der Waals surface area contributed by atoms with Crippen molar-refractivity contribution in [2.24, 2.45) is 0 Å². The Balaban J connectivity index is 1.65. The lowest BCUT2D eigenvalue weighted by Crippen LogP contribution is -2.50. The second-order valence-electron chi connectivity index (χ2n) is 7.59. The smallest absolute Gasteiger partial charge is 0.243 e. The van der Waals surface area contributed by atoms with Gasteiger partial charge in [-0.3, -0.25) is 0 Å². The minimum atomic E-state index is -3.72. The fourth-order valence-electron chi connectivity index (χ4n) is 3.49. The van der Waals surface area contributed by atoms with Gasteiger partial charge in [0.15, 0.2) is 0 Å². The number of aryl methyl sites for hydroxylation is 2. The van der Waals surface area contributed by atoms with Gasteiger partial charge in [-0.25, -0.2) is 16.8 Å². The number of ether oxygens (including phenoxy) is 2.